The van der Waals surface area contributed by atoms with E-state index in [1.165, 1.54) is 0 Å². The van der Waals surface area contributed by atoms with Gasteiger partial charge in [-0.3, -0.25) is 14.0 Å². The van der Waals surface area contributed by atoms with Gasteiger partial charge in [-0.05, 0) is 23.0 Å². The van der Waals surface area contributed by atoms with Gasteiger partial charge in [0.15, 0.2) is 0 Å². The number of aliphatic carboxylic acids is 1. The minimum atomic E-state index is -1.87. The molecular formula is C10H26CaO2S. The molecule has 0 aliphatic heterocycles. The first-order valence-electron chi connectivity index (χ1n) is 5.19. The summed E-state index contributed by atoms with van der Waals surface area (Å²) in [7, 11) is -1.87. The van der Waals surface area contributed by atoms with Crippen molar-refractivity contribution in [3.63, 3.8) is 0 Å². The fourth-order valence-corrected chi connectivity index (χ4v) is 6.51. The number of hydrogen-bond donors (Lipinski definition) is 2. The molecule has 0 aromatic carbocycles. The molecule has 0 spiro atoms. The molecule has 0 unspecified atom stereocenters. The van der Waals surface area contributed by atoms with Crippen LogP contribution < -0.4 is 0 Å². The molecule has 0 amide bonds. The zero-order valence-electron chi connectivity index (χ0n) is 9.34. The normalized spacial score (nSPS) is 13.9. The van der Waals surface area contributed by atoms with Gasteiger partial charge < -0.3 is 5.11 Å². The third-order valence-electron chi connectivity index (χ3n) is 4.16. The van der Waals surface area contributed by atoms with E-state index in [9.17, 15) is 4.79 Å². The van der Waals surface area contributed by atoms with E-state index in [1.807, 2.05) is 0 Å². The van der Waals surface area contributed by atoms with E-state index in [4.69, 9.17) is 5.11 Å². The van der Waals surface area contributed by atoms with Crippen LogP contribution in [0, 0.1) is 0 Å². The number of hydrogen-bond acceptors (Lipinski definition) is 1. The van der Waals surface area contributed by atoms with Gasteiger partial charge in [-0.1, -0.05) is 27.7 Å². The Bertz CT molecular complexity index is 167. The Morgan fingerprint density at radius 1 is 1.00 bits per heavy atom. The van der Waals surface area contributed by atoms with Crippen LogP contribution in [-0.4, -0.2) is 77.6 Å². The van der Waals surface area contributed by atoms with Crippen molar-refractivity contribution in [1.29, 1.82) is 0 Å². The summed E-state index contributed by atoms with van der Waals surface area (Å²) in [6, 6.07) is 0. The topological polar surface area (TPSA) is 37.3 Å². The Morgan fingerprint density at radius 3 is 1.36 bits per heavy atom. The van der Waals surface area contributed by atoms with E-state index < -0.39 is 15.1 Å². The molecule has 0 heterocycles. The summed E-state index contributed by atoms with van der Waals surface area (Å²) in [4.78, 5) is 10.9. The van der Waals surface area contributed by atoms with Crippen molar-refractivity contribution in [2.75, 3.05) is 28.8 Å². The van der Waals surface area contributed by atoms with Gasteiger partial charge in [0, 0.05) is 0 Å². The van der Waals surface area contributed by atoms with Crippen LogP contribution in [-0.2, 0) is 4.79 Å². The summed E-state index contributed by atoms with van der Waals surface area (Å²) >= 11 is 0. The zero-order chi connectivity index (χ0) is 10.6. The number of rotatable bonds is 6. The van der Waals surface area contributed by atoms with Crippen LogP contribution in [0.5, 0.6) is 0 Å². The molecule has 0 rings (SSSR count). The first-order chi connectivity index (χ1) is 5.97. The average molecular weight is 250 g/mol. The van der Waals surface area contributed by atoms with E-state index in [0.717, 1.165) is 23.0 Å². The summed E-state index contributed by atoms with van der Waals surface area (Å²) in [5, 5.41) is 8.97. The average Bonchev–Trinajstić information content (AvgIpc) is 2.15. The Kier molecular flexibility index (Phi) is 8.26. The molecular weight excluding hydrogens is 224 g/mol. The van der Waals surface area contributed by atoms with Crippen LogP contribution in [0.2, 0.25) is 0 Å². The number of thiol groups is 1. The van der Waals surface area contributed by atoms with Gasteiger partial charge in [-0.2, -0.15) is 0 Å². The van der Waals surface area contributed by atoms with Gasteiger partial charge in [0.1, 0.15) is 0 Å². The van der Waals surface area contributed by atoms with Crippen molar-refractivity contribution in [3.8, 4) is 0 Å². The molecule has 0 radical (unpaired) electrons. The van der Waals surface area contributed by atoms with Gasteiger partial charge in [-0.25, -0.2) is 0 Å². The first-order valence-corrected chi connectivity index (χ1v) is 8.35. The molecule has 4 heteroatoms. The second kappa shape index (κ2) is 6.62. The standard InChI is InChI=1S/C10H24O2S.Ca.2H/c1-5-13(6-2,7-3,8-4)9-10(11)12;;;/h13H,5-9H2,1-4H3,(H,11,12);;;. The molecule has 0 fully saturated rings. The summed E-state index contributed by atoms with van der Waals surface area (Å²) in [6.07, 6.45) is 0. The maximum absolute atomic E-state index is 10.9. The number of carboxylic acid groups (broad SMARTS) is 1. The van der Waals surface area contributed by atoms with Gasteiger partial charge >= 0.3 is 43.7 Å². The molecule has 0 bridgehead atoms. The molecule has 14 heavy (non-hydrogen) atoms. The number of carboxylic acids is 1. The van der Waals surface area contributed by atoms with Gasteiger partial charge in [0.05, 0.1) is 5.75 Å². The molecule has 0 aliphatic rings. The summed E-state index contributed by atoms with van der Waals surface area (Å²) < 4.78 is 0. The van der Waals surface area contributed by atoms with Crippen molar-refractivity contribution in [2.45, 2.75) is 27.7 Å². The van der Waals surface area contributed by atoms with Crippen molar-refractivity contribution in [1.82, 2.24) is 0 Å². The molecule has 0 aromatic heterocycles. The molecule has 0 aliphatic carbocycles. The van der Waals surface area contributed by atoms with Crippen LogP contribution in [0.1, 0.15) is 27.7 Å². The fraction of sp³-hybridized carbons (Fsp3) is 0.900. The molecule has 0 atom stereocenters. The quantitative estimate of drug-likeness (QED) is 0.551. The molecule has 1 N–H and O–H groups in total. The Hall–Kier alpha value is 1.08. The van der Waals surface area contributed by atoms with Gasteiger partial charge in [0.2, 0.25) is 0 Å². The van der Waals surface area contributed by atoms with Crippen LogP contribution in [0.4, 0.5) is 0 Å². The van der Waals surface area contributed by atoms with Gasteiger partial charge in [0.25, 0.3) is 0 Å². The van der Waals surface area contributed by atoms with Crippen molar-refractivity contribution in [3.05, 3.63) is 0 Å². The zero-order valence-corrected chi connectivity index (χ0v) is 10.2. The van der Waals surface area contributed by atoms with Crippen LogP contribution in [0.3, 0.4) is 0 Å². The maximum atomic E-state index is 10.9. The predicted octanol–water partition coefficient (Wildman–Crippen LogP) is 1.31. The molecule has 0 saturated heterocycles. The van der Waals surface area contributed by atoms with E-state index in [-0.39, 0.29) is 37.7 Å². The number of carbonyl (C=O) groups is 1. The summed E-state index contributed by atoms with van der Waals surface area (Å²) in [5.74, 6) is 4.17. The molecule has 0 aromatic rings. The SMILES string of the molecule is CC[SH](CC)(CC)(CC)CC(=O)O.[CaH2]. The third-order valence-corrected chi connectivity index (χ3v) is 12.5. The summed E-state index contributed by atoms with van der Waals surface area (Å²) in [5.41, 5.74) is 0. The Labute approximate surface area is 118 Å². The summed E-state index contributed by atoms with van der Waals surface area (Å²) in [6.45, 7) is 8.66. The van der Waals surface area contributed by atoms with Crippen LogP contribution in [0.25, 0.3) is 0 Å². The minimum absolute atomic E-state index is 0. The first kappa shape index (κ1) is 17.5. The van der Waals surface area contributed by atoms with Crippen molar-refractivity contribution >= 4 is 52.9 Å². The van der Waals surface area contributed by atoms with Crippen LogP contribution in [0.15, 0.2) is 0 Å². The van der Waals surface area contributed by atoms with E-state index in [0.29, 0.717) is 5.75 Å². The van der Waals surface area contributed by atoms with Crippen LogP contribution >= 0.6 is 9.16 Å². The predicted molar refractivity (Wildman–Crippen MR) is 72.2 cm³/mol. The monoisotopic (exact) mass is 250 g/mol. The second-order valence-electron chi connectivity index (χ2n) is 4.05. The molecule has 0 saturated carbocycles. The molecule has 86 valence electrons. The Balaban J connectivity index is 0. The van der Waals surface area contributed by atoms with Crippen molar-refractivity contribution in [2.24, 2.45) is 0 Å². The van der Waals surface area contributed by atoms with E-state index in [1.54, 1.807) is 0 Å². The third kappa shape index (κ3) is 3.58. The van der Waals surface area contributed by atoms with Gasteiger partial charge in [-0.15, -0.1) is 0 Å². The fourth-order valence-electron chi connectivity index (χ4n) is 2.17. The van der Waals surface area contributed by atoms with Crippen molar-refractivity contribution < 1.29 is 9.90 Å². The second-order valence-corrected chi connectivity index (χ2v) is 11.4. The Morgan fingerprint density at radius 2 is 1.29 bits per heavy atom. The van der Waals surface area contributed by atoms with E-state index in [2.05, 4.69) is 27.7 Å². The van der Waals surface area contributed by atoms with E-state index >= 15 is 0 Å². The molecule has 2 nitrogen and oxygen atoms in total.